The molecular weight excluding hydrogens is 284 g/mol. The molecule has 0 spiro atoms. The molecule has 6 heteroatoms. The van der Waals surface area contributed by atoms with Gasteiger partial charge in [-0.2, -0.15) is 0 Å². The summed E-state index contributed by atoms with van der Waals surface area (Å²) in [6.45, 7) is 0. The summed E-state index contributed by atoms with van der Waals surface area (Å²) in [4.78, 5) is 0. The lowest BCUT2D eigenvalue weighted by atomic mass is 10.0. The molecule has 1 atom stereocenters. The minimum absolute atomic E-state index is 0.264. The van der Waals surface area contributed by atoms with Crippen LogP contribution in [0, 0.1) is 23.3 Å². The molecule has 2 aromatic rings. The highest BCUT2D eigenvalue weighted by molar-refractivity contribution is 6.30. The van der Waals surface area contributed by atoms with Gasteiger partial charge in [-0.15, -0.1) is 0 Å². The van der Waals surface area contributed by atoms with Crippen LogP contribution in [-0.2, 0) is 0 Å². The fraction of sp³-hybridized carbons (Fsp3) is 0.0769. The van der Waals surface area contributed by atoms with Gasteiger partial charge in [-0.3, -0.25) is 0 Å². The van der Waals surface area contributed by atoms with Crippen molar-refractivity contribution in [2.75, 3.05) is 0 Å². The number of rotatable bonds is 2. The van der Waals surface area contributed by atoms with Crippen LogP contribution in [0.4, 0.5) is 17.6 Å². The molecule has 0 radical (unpaired) electrons. The molecule has 0 heterocycles. The summed E-state index contributed by atoms with van der Waals surface area (Å²) in [6, 6.07) is 5.27. The summed E-state index contributed by atoms with van der Waals surface area (Å²) in [5.74, 6) is -5.62. The summed E-state index contributed by atoms with van der Waals surface area (Å²) < 4.78 is 53.0. The molecule has 0 saturated carbocycles. The van der Waals surface area contributed by atoms with Gasteiger partial charge in [-0.1, -0.05) is 29.8 Å². The molecule has 0 aliphatic rings. The lowest BCUT2D eigenvalue weighted by Crippen LogP contribution is -2.07. The molecule has 100 valence electrons. The Balaban J connectivity index is 2.53. The van der Waals surface area contributed by atoms with Crippen molar-refractivity contribution < 1.29 is 22.7 Å². The molecule has 19 heavy (non-hydrogen) atoms. The average Bonchev–Trinajstić information content (AvgIpc) is 2.39. The molecule has 0 aliphatic carbocycles. The molecular formula is C13H7ClF4O. The van der Waals surface area contributed by atoms with Gasteiger partial charge in [0.1, 0.15) is 11.9 Å². The number of hydrogen-bond donors (Lipinski definition) is 1. The fourth-order valence-corrected chi connectivity index (χ4v) is 1.83. The minimum atomic E-state index is -1.78. The normalized spacial score (nSPS) is 12.5. The van der Waals surface area contributed by atoms with Crippen LogP contribution >= 0.6 is 11.6 Å². The van der Waals surface area contributed by atoms with E-state index in [9.17, 15) is 22.7 Å². The SMILES string of the molecule is OC(c1cccc(Cl)c1F)c1ccc(F)c(F)c1F. The lowest BCUT2D eigenvalue weighted by molar-refractivity contribution is 0.207. The molecule has 0 saturated heterocycles. The van der Waals surface area contributed by atoms with Gasteiger partial charge in [0.2, 0.25) is 0 Å². The van der Waals surface area contributed by atoms with Crippen LogP contribution in [0.3, 0.4) is 0 Å². The number of halogens is 5. The fourth-order valence-electron chi connectivity index (χ4n) is 1.65. The summed E-state index contributed by atoms with van der Waals surface area (Å²) in [5.41, 5.74) is -0.891. The standard InChI is InChI=1S/C13H7ClF4O/c14-8-3-1-2-6(10(8)16)13(19)7-4-5-9(15)12(18)11(7)17/h1-5,13,19H. The van der Waals surface area contributed by atoms with Gasteiger partial charge in [0.15, 0.2) is 17.5 Å². The summed E-state index contributed by atoms with van der Waals surface area (Å²) in [7, 11) is 0. The summed E-state index contributed by atoms with van der Waals surface area (Å²) in [5, 5.41) is 9.60. The highest BCUT2D eigenvalue weighted by Crippen LogP contribution is 2.30. The van der Waals surface area contributed by atoms with Gasteiger partial charge in [0.25, 0.3) is 0 Å². The van der Waals surface area contributed by atoms with Crippen molar-refractivity contribution in [3.63, 3.8) is 0 Å². The molecule has 2 aromatic carbocycles. The third-order valence-electron chi connectivity index (χ3n) is 2.64. The van der Waals surface area contributed by atoms with E-state index in [2.05, 4.69) is 0 Å². The quantitative estimate of drug-likeness (QED) is 0.655. The van der Waals surface area contributed by atoms with Crippen LogP contribution in [0.2, 0.25) is 5.02 Å². The first-order valence-corrected chi connectivity index (χ1v) is 5.56. The van der Waals surface area contributed by atoms with Gasteiger partial charge < -0.3 is 5.11 Å². The van der Waals surface area contributed by atoms with Crippen LogP contribution in [0.25, 0.3) is 0 Å². The predicted molar refractivity (Wildman–Crippen MR) is 61.8 cm³/mol. The third-order valence-corrected chi connectivity index (χ3v) is 2.93. The Labute approximate surface area is 111 Å². The Bertz CT molecular complexity index is 630. The van der Waals surface area contributed by atoms with Crippen LogP contribution in [0.5, 0.6) is 0 Å². The molecule has 2 rings (SSSR count). The second-order valence-electron chi connectivity index (χ2n) is 3.81. The Morgan fingerprint density at radius 1 is 0.842 bits per heavy atom. The van der Waals surface area contributed by atoms with E-state index >= 15 is 0 Å². The van der Waals surface area contributed by atoms with Gasteiger partial charge in [0, 0.05) is 11.1 Å². The Morgan fingerprint density at radius 2 is 1.47 bits per heavy atom. The third kappa shape index (κ3) is 2.43. The smallest absolute Gasteiger partial charge is 0.194 e. The van der Waals surface area contributed by atoms with Gasteiger partial charge >= 0.3 is 0 Å². The topological polar surface area (TPSA) is 20.2 Å². The maximum absolute atomic E-state index is 13.7. The van der Waals surface area contributed by atoms with Crippen molar-refractivity contribution in [1.82, 2.24) is 0 Å². The molecule has 0 aliphatic heterocycles. The van der Waals surface area contributed by atoms with Crippen molar-refractivity contribution >= 4 is 11.6 Å². The van der Waals surface area contributed by atoms with E-state index < -0.39 is 34.9 Å². The van der Waals surface area contributed by atoms with Crippen LogP contribution in [0.15, 0.2) is 30.3 Å². The van der Waals surface area contributed by atoms with E-state index in [1.165, 1.54) is 18.2 Å². The van der Waals surface area contributed by atoms with E-state index in [0.717, 1.165) is 6.07 Å². The average molecular weight is 291 g/mol. The van der Waals surface area contributed by atoms with Crippen molar-refractivity contribution in [2.24, 2.45) is 0 Å². The number of hydrogen-bond acceptors (Lipinski definition) is 1. The second-order valence-corrected chi connectivity index (χ2v) is 4.22. The molecule has 1 N–H and O–H groups in total. The lowest BCUT2D eigenvalue weighted by Gasteiger charge is -2.14. The van der Waals surface area contributed by atoms with Crippen molar-refractivity contribution in [2.45, 2.75) is 6.10 Å². The Kier molecular flexibility index (Phi) is 3.78. The number of benzene rings is 2. The zero-order valence-electron chi connectivity index (χ0n) is 9.30. The first-order chi connectivity index (χ1) is 8.93. The van der Waals surface area contributed by atoms with Crippen LogP contribution in [0.1, 0.15) is 17.2 Å². The Hall–Kier alpha value is -1.59. The van der Waals surface area contributed by atoms with Gasteiger partial charge in [-0.25, -0.2) is 17.6 Å². The molecule has 0 bridgehead atoms. The number of aliphatic hydroxyl groups is 1. The summed E-state index contributed by atoms with van der Waals surface area (Å²) >= 11 is 5.53. The monoisotopic (exact) mass is 290 g/mol. The minimum Gasteiger partial charge on any atom is -0.383 e. The van der Waals surface area contributed by atoms with Crippen LogP contribution in [-0.4, -0.2) is 5.11 Å². The molecule has 0 amide bonds. The van der Waals surface area contributed by atoms with Crippen LogP contribution < -0.4 is 0 Å². The van der Waals surface area contributed by atoms with E-state index in [-0.39, 0.29) is 10.6 Å². The largest absolute Gasteiger partial charge is 0.383 e. The van der Waals surface area contributed by atoms with Crippen molar-refractivity contribution in [1.29, 1.82) is 0 Å². The van der Waals surface area contributed by atoms with E-state index in [0.29, 0.717) is 6.07 Å². The highest BCUT2D eigenvalue weighted by atomic mass is 35.5. The highest BCUT2D eigenvalue weighted by Gasteiger charge is 2.23. The zero-order chi connectivity index (χ0) is 14.2. The number of aliphatic hydroxyl groups excluding tert-OH is 1. The van der Waals surface area contributed by atoms with Gasteiger partial charge in [-0.05, 0) is 12.1 Å². The maximum atomic E-state index is 13.7. The molecule has 1 unspecified atom stereocenters. The van der Waals surface area contributed by atoms with Crippen molar-refractivity contribution in [3.8, 4) is 0 Å². The predicted octanol–water partition coefficient (Wildman–Crippen LogP) is 3.98. The van der Waals surface area contributed by atoms with Crippen molar-refractivity contribution in [3.05, 3.63) is 69.8 Å². The first-order valence-electron chi connectivity index (χ1n) is 5.19. The molecule has 0 fully saturated rings. The maximum Gasteiger partial charge on any atom is 0.194 e. The molecule has 1 nitrogen and oxygen atoms in total. The van der Waals surface area contributed by atoms with E-state index in [4.69, 9.17) is 11.6 Å². The second kappa shape index (κ2) is 5.19. The van der Waals surface area contributed by atoms with Gasteiger partial charge in [0.05, 0.1) is 5.02 Å². The molecule has 0 aromatic heterocycles. The zero-order valence-corrected chi connectivity index (χ0v) is 10.1. The Morgan fingerprint density at radius 3 is 2.16 bits per heavy atom. The van der Waals surface area contributed by atoms with E-state index in [1.807, 2.05) is 0 Å². The first kappa shape index (κ1) is 13.8. The summed E-state index contributed by atoms with van der Waals surface area (Å²) in [6.07, 6.45) is -1.78. The van der Waals surface area contributed by atoms with E-state index in [1.54, 1.807) is 0 Å².